The standard InChI is InChI=1S/C18H19NO2/c1-15(19-21-14-17-10-6-3-7-11-17)12-18(20)13-16-8-4-2-5-9-16/h2-11H,12-14H2,1H3/b19-15+. The van der Waals surface area contributed by atoms with Crippen LogP contribution in [0.1, 0.15) is 24.5 Å². The maximum absolute atomic E-state index is 11.9. The predicted molar refractivity (Wildman–Crippen MR) is 84.1 cm³/mol. The van der Waals surface area contributed by atoms with Crippen LogP contribution in [0.5, 0.6) is 0 Å². The Bertz CT molecular complexity index is 591. The number of oxime groups is 1. The van der Waals surface area contributed by atoms with Crippen molar-refractivity contribution in [2.75, 3.05) is 0 Å². The van der Waals surface area contributed by atoms with E-state index in [-0.39, 0.29) is 5.78 Å². The van der Waals surface area contributed by atoms with Crippen LogP contribution >= 0.6 is 0 Å². The molecule has 0 aromatic heterocycles. The Morgan fingerprint density at radius 3 is 2.14 bits per heavy atom. The molecule has 2 aromatic rings. The summed E-state index contributed by atoms with van der Waals surface area (Å²) in [5, 5.41) is 4.00. The van der Waals surface area contributed by atoms with Crippen molar-refractivity contribution in [3.05, 3.63) is 71.8 Å². The molecule has 21 heavy (non-hydrogen) atoms. The molecule has 0 radical (unpaired) electrons. The number of ketones is 1. The fourth-order valence-electron chi connectivity index (χ4n) is 1.99. The lowest BCUT2D eigenvalue weighted by Crippen LogP contribution is -2.08. The largest absolute Gasteiger partial charge is 0.391 e. The summed E-state index contributed by atoms with van der Waals surface area (Å²) >= 11 is 0. The van der Waals surface area contributed by atoms with Crippen molar-refractivity contribution in [2.24, 2.45) is 5.16 Å². The van der Waals surface area contributed by atoms with Crippen LogP contribution in [0.4, 0.5) is 0 Å². The summed E-state index contributed by atoms with van der Waals surface area (Å²) in [6, 6.07) is 19.6. The van der Waals surface area contributed by atoms with Crippen LogP contribution in [0.25, 0.3) is 0 Å². The van der Waals surface area contributed by atoms with E-state index in [9.17, 15) is 4.79 Å². The number of Topliss-reactive ketones (excluding diaryl/α,β-unsaturated/α-hetero) is 1. The lowest BCUT2D eigenvalue weighted by Gasteiger charge is -2.03. The second kappa shape index (κ2) is 8.00. The predicted octanol–water partition coefficient (Wildman–Crippen LogP) is 3.78. The minimum absolute atomic E-state index is 0.144. The molecular formula is C18H19NO2. The number of hydrogen-bond acceptors (Lipinski definition) is 3. The van der Waals surface area contributed by atoms with Gasteiger partial charge in [0.1, 0.15) is 12.4 Å². The summed E-state index contributed by atoms with van der Waals surface area (Å²) in [5.74, 6) is 0.144. The molecule has 0 saturated heterocycles. The highest BCUT2D eigenvalue weighted by atomic mass is 16.6. The van der Waals surface area contributed by atoms with Crippen molar-refractivity contribution in [2.45, 2.75) is 26.4 Å². The molecule has 0 atom stereocenters. The SMILES string of the molecule is C/C(CC(=O)Cc1ccccc1)=N\OCc1ccccc1. The van der Waals surface area contributed by atoms with E-state index in [1.54, 1.807) is 0 Å². The summed E-state index contributed by atoms with van der Waals surface area (Å²) in [6.45, 7) is 2.24. The molecule has 0 fully saturated rings. The van der Waals surface area contributed by atoms with Gasteiger partial charge in [0.2, 0.25) is 0 Å². The molecule has 2 rings (SSSR count). The maximum Gasteiger partial charge on any atom is 0.142 e. The first-order chi connectivity index (χ1) is 10.2. The number of carbonyl (C=O) groups excluding carboxylic acids is 1. The highest BCUT2D eigenvalue weighted by Gasteiger charge is 2.05. The maximum atomic E-state index is 11.9. The lowest BCUT2D eigenvalue weighted by atomic mass is 10.1. The molecule has 0 unspecified atom stereocenters. The zero-order valence-corrected chi connectivity index (χ0v) is 12.2. The third-order valence-electron chi connectivity index (χ3n) is 2.99. The highest BCUT2D eigenvalue weighted by Crippen LogP contribution is 2.04. The molecule has 0 heterocycles. The van der Waals surface area contributed by atoms with Gasteiger partial charge in [-0.15, -0.1) is 0 Å². The monoisotopic (exact) mass is 281 g/mol. The molecule has 2 aromatic carbocycles. The minimum atomic E-state index is 0.144. The third kappa shape index (κ3) is 5.61. The average molecular weight is 281 g/mol. The smallest absolute Gasteiger partial charge is 0.142 e. The number of nitrogens with zero attached hydrogens (tertiary/aromatic N) is 1. The number of carbonyl (C=O) groups is 1. The van der Waals surface area contributed by atoms with E-state index >= 15 is 0 Å². The van der Waals surface area contributed by atoms with Crippen molar-refractivity contribution < 1.29 is 9.63 Å². The lowest BCUT2D eigenvalue weighted by molar-refractivity contribution is -0.117. The van der Waals surface area contributed by atoms with Gasteiger partial charge in [-0.05, 0) is 18.1 Å². The summed E-state index contributed by atoms with van der Waals surface area (Å²) in [4.78, 5) is 17.2. The molecule has 0 amide bonds. The Kier molecular flexibility index (Phi) is 5.71. The van der Waals surface area contributed by atoms with Gasteiger partial charge < -0.3 is 4.84 Å². The fourth-order valence-corrected chi connectivity index (χ4v) is 1.99. The van der Waals surface area contributed by atoms with Gasteiger partial charge >= 0.3 is 0 Å². The van der Waals surface area contributed by atoms with Gasteiger partial charge in [-0.2, -0.15) is 0 Å². The normalized spacial score (nSPS) is 11.2. The fraction of sp³-hybridized carbons (Fsp3) is 0.222. The van der Waals surface area contributed by atoms with E-state index in [0.717, 1.165) is 11.1 Å². The van der Waals surface area contributed by atoms with Crippen molar-refractivity contribution in [3.8, 4) is 0 Å². The first-order valence-corrected chi connectivity index (χ1v) is 6.99. The Balaban J connectivity index is 1.76. The Morgan fingerprint density at radius 2 is 1.52 bits per heavy atom. The molecule has 3 nitrogen and oxygen atoms in total. The van der Waals surface area contributed by atoms with Gasteiger partial charge in [-0.3, -0.25) is 4.79 Å². The van der Waals surface area contributed by atoms with Crippen LogP contribution in [-0.4, -0.2) is 11.5 Å². The minimum Gasteiger partial charge on any atom is -0.391 e. The van der Waals surface area contributed by atoms with Crippen molar-refractivity contribution in [1.29, 1.82) is 0 Å². The Hall–Kier alpha value is -2.42. The van der Waals surface area contributed by atoms with Gasteiger partial charge in [0.05, 0.1) is 5.71 Å². The number of hydrogen-bond donors (Lipinski definition) is 0. The summed E-state index contributed by atoms with van der Waals surface area (Å²) in [7, 11) is 0. The van der Waals surface area contributed by atoms with Crippen molar-refractivity contribution in [1.82, 2.24) is 0 Å². The third-order valence-corrected chi connectivity index (χ3v) is 2.99. The number of rotatable bonds is 7. The van der Waals surface area contributed by atoms with Crippen LogP contribution in [0.15, 0.2) is 65.8 Å². The molecule has 0 aliphatic heterocycles. The van der Waals surface area contributed by atoms with Gasteiger partial charge in [0.15, 0.2) is 0 Å². The zero-order valence-electron chi connectivity index (χ0n) is 12.2. The Morgan fingerprint density at radius 1 is 0.952 bits per heavy atom. The molecule has 0 aliphatic rings. The first-order valence-electron chi connectivity index (χ1n) is 6.99. The van der Waals surface area contributed by atoms with Crippen LogP contribution < -0.4 is 0 Å². The van der Waals surface area contributed by atoms with Crippen LogP contribution in [0.2, 0.25) is 0 Å². The second-order valence-electron chi connectivity index (χ2n) is 4.96. The topological polar surface area (TPSA) is 38.7 Å². The second-order valence-corrected chi connectivity index (χ2v) is 4.96. The molecular weight excluding hydrogens is 262 g/mol. The van der Waals surface area contributed by atoms with E-state index in [1.165, 1.54) is 0 Å². The molecule has 0 bridgehead atoms. The van der Waals surface area contributed by atoms with E-state index in [4.69, 9.17) is 4.84 Å². The molecule has 3 heteroatoms. The van der Waals surface area contributed by atoms with E-state index in [1.807, 2.05) is 67.6 Å². The van der Waals surface area contributed by atoms with E-state index in [0.29, 0.717) is 25.2 Å². The van der Waals surface area contributed by atoms with Crippen LogP contribution in [0, 0.1) is 0 Å². The molecule has 0 N–H and O–H groups in total. The first kappa shape index (κ1) is 15.0. The average Bonchev–Trinajstić information content (AvgIpc) is 2.49. The summed E-state index contributed by atoms with van der Waals surface area (Å²) in [5.41, 5.74) is 2.79. The zero-order chi connectivity index (χ0) is 14.9. The quantitative estimate of drug-likeness (QED) is 0.572. The van der Waals surface area contributed by atoms with Gasteiger partial charge in [0, 0.05) is 12.8 Å². The molecule has 0 aliphatic carbocycles. The van der Waals surface area contributed by atoms with E-state index < -0.39 is 0 Å². The van der Waals surface area contributed by atoms with Crippen LogP contribution in [-0.2, 0) is 22.7 Å². The summed E-state index contributed by atoms with van der Waals surface area (Å²) < 4.78 is 0. The summed E-state index contributed by atoms with van der Waals surface area (Å²) in [6.07, 6.45) is 0.760. The van der Waals surface area contributed by atoms with Crippen molar-refractivity contribution >= 4 is 11.5 Å². The number of benzene rings is 2. The molecule has 0 spiro atoms. The highest BCUT2D eigenvalue weighted by molar-refractivity contribution is 6.01. The Labute approximate surface area is 125 Å². The van der Waals surface area contributed by atoms with Gasteiger partial charge in [-0.25, -0.2) is 0 Å². The van der Waals surface area contributed by atoms with Crippen LogP contribution in [0.3, 0.4) is 0 Å². The van der Waals surface area contributed by atoms with Gasteiger partial charge in [-0.1, -0.05) is 65.8 Å². The van der Waals surface area contributed by atoms with Crippen molar-refractivity contribution in [3.63, 3.8) is 0 Å². The van der Waals surface area contributed by atoms with E-state index in [2.05, 4.69) is 5.16 Å². The molecule has 108 valence electrons. The van der Waals surface area contributed by atoms with Gasteiger partial charge in [0.25, 0.3) is 0 Å². The molecule has 0 saturated carbocycles.